The number of piperidine rings is 1. The molecule has 0 saturated carbocycles. The maximum atomic E-state index is 12.6. The molecule has 2 saturated heterocycles. The van der Waals surface area contributed by atoms with E-state index in [0.29, 0.717) is 25.2 Å². The van der Waals surface area contributed by atoms with Crippen LogP contribution in [-0.4, -0.2) is 63.7 Å². The van der Waals surface area contributed by atoms with E-state index in [4.69, 9.17) is 0 Å². The number of amides is 3. The highest BCUT2D eigenvalue weighted by atomic mass is 16.2. The van der Waals surface area contributed by atoms with Gasteiger partial charge < -0.3 is 15.1 Å². The average Bonchev–Trinajstić information content (AvgIpc) is 3.38. The van der Waals surface area contributed by atoms with Crippen molar-refractivity contribution in [3.8, 4) is 0 Å². The van der Waals surface area contributed by atoms with Crippen LogP contribution >= 0.6 is 0 Å². The zero-order valence-corrected chi connectivity index (χ0v) is 17.9. The lowest BCUT2D eigenvalue weighted by molar-refractivity contribution is 0.0912. The van der Waals surface area contributed by atoms with Gasteiger partial charge in [-0.25, -0.2) is 4.79 Å². The van der Waals surface area contributed by atoms with Crippen molar-refractivity contribution in [3.05, 3.63) is 52.8 Å². The standard InChI is InChI=1S/C23H31N5O2/c1-17-15-18(2)28(25-17)16-19-5-7-20(8-6-19)22(29)24-21-9-13-27(14-10-21)23(30)26-11-3-4-12-26/h5-8,15,21H,3-4,9-14,16H2,1-2H3,(H,24,29). The molecule has 7 heteroatoms. The molecule has 3 heterocycles. The van der Waals surface area contributed by atoms with Crippen molar-refractivity contribution in [3.63, 3.8) is 0 Å². The molecular weight excluding hydrogens is 378 g/mol. The summed E-state index contributed by atoms with van der Waals surface area (Å²) >= 11 is 0. The SMILES string of the molecule is Cc1cc(C)n(Cc2ccc(C(=O)NC3CCN(C(=O)N4CCCC4)CC3)cc2)n1. The number of urea groups is 1. The van der Waals surface area contributed by atoms with Gasteiger partial charge in [-0.1, -0.05) is 12.1 Å². The van der Waals surface area contributed by atoms with Crippen LogP contribution in [0.25, 0.3) is 0 Å². The van der Waals surface area contributed by atoms with Crippen molar-refractivity contribution in [1.82, 2.24) is 24.9 Å². The summed E-state index contributed by atoms with van der Waals surface area (Å²) in [5.41, 5.74) is 3.93. The molecule has 1 N–H and O–H groups in total. The van der Waals surface area contributed by atoms with Gasteiger partial charge in [0, 0.05) is 43.5 Å². The third-order valence-electron chi connectivity index (χ3n) is 6.13. The number of benzene rings is 1. The molecule has 3 amide bonds. The number of nitrogens with zero attached hydrogens (tertiary/aromatic N) is 4. The number of hydrogen-bond acceptors (Lipinski definition) is 3. The minimum absolute atomic E-state index is 0.0445. The van der Waals surface area contributed by atoms with Crippen molar-refractivity contribution >= 4 is 11.9 Å². The zero-order chi connectivity index (χ0) is 21.1. The van der Waals surface area contributed by atoms with E-state index in [0.717, 1.165) is 55.7 Å². The van der Waals surface area contributed by atoms with Crippen LogP contribution in [0.15, 0.2) is 30.3 Å². The number of aryl methyl sites for hydroxylation is 2. The van der Waals surface area contributed by atoms with E-state index in [9.17, 15) is 9.59 Å². The Labute approximate surface area is 178 Å². The summed E-state index contributed by atoms with van der Waals surface area (Å²) in [4.78, 5) is 29.0. The molecule has 2 aromatic rings. The Balaban J connectivity index is 1.27. The number of aromatic nitrogens is 2. The summed E-state index contributed by atoms with van der Waals surface area (Å²) in [5.74, 6) is -0.0445. The summed E-state index contributed by atoms with van der Waals surface area (Å²) < 4.78 is 1.97. The maximum Gasteiger partial charge on any atom is 0.319 e. The molecule has 2 aliphatic rings. The first-order valence-corrected chi connectivity index (χ1v) is 10.9. The molecule has 0 atom stereocenters. The number of hydrogen-bond donors (Lipinski definition) is 1. The third-order valence-corrected chi connectivity index (χ3v) is 6.13. The number of carbonyl (C=O) groups is 2. The molecule has 4 rings (SSSR count). The topological polar surface area (TPSA) is 70.5 Å². The van der Waals surface area contributed by atoms with Gasteiger partial charge in [0.15, 0.2) is 0 Å². The Morgan fingerprint density at radius 3 is 2.23 bits per heavy atom. The van der Waals surface area contributed by atoms with E-state index in [1.807, 2.05) is 52.6 Å². The van der Waals surface area contributed by atoms with Crippen LogP contribution in [0.4, 0.5) is 4.79 Å². The van der Waals surface area contributed by atoms with Crippen LogP contribution in [0.3, 0.4) is 0 Å². The summed E-state index contributed by atoms with van der Waals surface area (Å²) in [6.07, 6.45) is 3.83. The molecule has 7 nitrogen and oxygen atoms in total. The fraction of sp³-hybridized carbons (Fsp3) is 0.522. The number of rotatable bonds is 4. The normalized spacial score (nSPS) is 17.4. The highest BCUT2D eigenvalue weighted by Crippen LogP contribution is 2.17. The monoisotopic (exact) mass is 409 g/mol. The molecule has 0 bridgehead atoms. The van der Waals surface area contributed by atoms with E-state index in [-0.39, 0.29) is 18.0 Å². The highest BCUT2D eigenvalue weighted by molar-refractivity contribution is 5.94. The van der Waals surface area contributed by atoms with E-state index in [2.05, 4.69) is 16.5 Å². The van der Waals surface area contributed by atoms with E-state index in [1.54, 1.807) is 0 Å². The number of likely N-dealkylation sites (tertiary alicyclic amines) is 2. The molecule has 2 fully saturated rings. The summed E-state index contributed by atoms with van der Waals surface area (Å²) in [7, 11) is 0. The molecule has 1 aromatic carbocycles. The minimum atomic E-state index is -0.0445. The lowest BCUT2D eigenvalue weighted by atomic mass is 10.0. The van der Waals surface area contributed by atoms with Crippen molar-refractivity contribution < 1.29 is 9.59 Å². The second kappa shape index (κ2) is 8.90. The van der Waals surface area contributed by atoms with Crippen LogP contribution in [0.2, 0.25) is 0 Å². The Bertz CT molecular complexity index is 891. The molecule has 1 aromatic heterocycles. The summed E-state index contributed by atoms with van der Waals surface area (Å²) in [6.45, 7) is 7.92. The quantitative estimate of drug-likeness (QED) is 0.844. The Morgan fingerprint density at radius 1 is 1.00 bits per heavy atom. The lowest BCUT2D eigenvalue weighted by Gasteiger charge is -2.34. The van der Waals surface area contributed by atoms with Gasteiger partial charge in [-0.2, -0.15) is 5.10 Å². The molecule has 0 radical (unpaired) electrons. The predicted molar refractivity (Wildman–Crippen MR) is 116 cm³/mol. The fourth-order valence-electron chi connectivity index (χ4n) is 4.36. The second-order valence-corrected chi connectivity index (χ2v) is 8.49. The van der Waals surface area contributed by atoms with E-state index >= 15 is 0 Å². The lowest BCUT2D eigenvalue weighted by Crippen LogP contribution is -2.50. The van der Waals surface area contributed by atoms with Gasteiger partial charge in [0.1, 0.15) is 0 Å². The van der Waals surface area contributed by atoms with Crippen LogP contribution in [0.5, 0.6) is 0 Å². The first-order chi connectivity index (χ1) is 14.5. The number of nitrogens with one attached hydrogen (secondary N) is 1. The van der Waals surface area contributed by atoms with Crippen LogP contribution < -0.4 is 5.32 Å². The fourth-order valence-corrected chi connectivity index (χ4v) is 4.36. The molecule has 2 aliphatic heterocycles. The largest absolute Gasteiger partial charge is 0.349 e. The first-order valence-electron chi connectivity index (χ1n) is 10.9. The summed E-state index contributed by atoms with van der Waals surface area (Å²) in [6, 6.07) is 10.1. The van der Waals surface area contributed by atoms with Crippen LogP contribution in [0, 0.1) is 13.8 Å². The van der Waals surface area contributed by atoms with Gasteiger partial charge in [0.2, 0.25) is 0 Å². The third kappa shape index (κ3) is 4.66. The van der Waals surface area contributed by atoms with E-state index < -0.39 is 0 Å². The molecule has 0 spiro atoms. The molecular formula is C23H31N5O2. The highest BCUT2D eigenvalue weighted by Gasteiger charge is 2.28. The molecule has 160 valence electrons. The van der Waals surface area contributed by atoms with Gasteiger partial charge in [-0.15, -0.1) is 0 Å². The molecule has 0 aliphatic carbocycles. The Kier molecular flexibility index (Phi) is 6.06. The van der Waals surface area contributed by atoms with Gasteiger partial charge in [0.25, 0.3) is 5.91 Å². The summed E-state index contributed by atoms with van der Waals surface area (Å²) in [5, 5.41) is 7.63. The van der Waals surface area contributed by atoms with E-state index in [1.165, 1.54) is 0 Å². The second-order valence-electron chi connectivity index (χ2n) is 8.49. The van der Waals surface area contributed by atoms with Gasteiger partial charge >= 0.3 is 6.03 Å². The smallest absolute Gasteiger partial charge is 0.319 e. The number of carbonyl (C=O) groups excluding carboxylic acids is 2. The average molecular weight is 410 g/mol. The molecule has 0 unspecified atom stereocenters. The first kappa shape index (κ1) is 20.4. The minimum Gasteiger partial charge on any atom is -0.349 e. The van der Waals surface area contributed by atoms with Gasteiger partial charge in [-0.3, -0.25) is 9.48 Å². The van der Waals surface area contributed by atoms with Crippen molar-refractivity contribution in [2.24, 2.45) is 0 Å². The predicted octanol–water partition coefficient (Wildman–Crippen LogP) is 2.96. The Morgan fingerprint density at radius 2 is 1.63 bits per heavy atom. The maximum absolute atomic E-state index is 12.6. The van der Waals surface area contributed by atoms with Crippen LogP contribution in [-0.2, 0) is 6.54 Å². The van der Waals surface area contributed by atoms with Gasteiger partial charge in [-0.05, 0) is 63.3 Å². The van der Waals surface area contributed by atoms with Crippen LogP contribution in [0.1, 0.15) is 53.0 Å². The van der Waals surface area contributed by atoms with Crippen molar-refractivity contribution in [1.29, 1.82) is 0 Å². The molecule has 30 heavy (non-hydrogen) atoms. The zero-order valence-electron chi connectivity index (χ0n) is 17.9. The van der Waals surface area contributed by atoms with Crippen molar-refractivity contribution in [2.45, 2.75) is 52.1 Å². The van der Waals surface area contributed by atoms with Crippen molar-refractivity contribution in [2.75, 3.05) is 26.2 Å². The van der Waals surface area contributed by atoms with Gasteiger partial charge in [0.05, 0.1) is 12.2 Å². The Hall–Kier alpha value is -2.83.